The Morgan fingerprint density at radius 1 is 1.59 bits per heavy atom. The molecule has 0 radical (unpaired) electrons. The van der Waals surface area contributed by atoms with Gasteiger partial charge in [0, 0.05) is 12.2 Å². The number of carbonyl (C=O) groups excluding carboxylic acids is 1. The second kappa shape index (κ2) is 5.65. The Morgan fingerprint density at radius 2 is 2.41 bits per heavy atom. The molecule has 0 saturated carbocycles. The number of hydrogen-bond donors (Lipinski definition) is 2. The fourth-order valence-corrected chi connectivity index (χ4v) is 3.35. The highest BCUT2D eigenvalue weighted by Gasteiger charge is 2.17. The van der Waals surface area contributed by atoms with Crippen molar-refractivity contribution in [1.82, 2.24) is 5.32 Å². The third-order valence-electron chi connectivity index (χ3n) is 2.81. The topological polar surface area (TPSA) is 55.1 Å². The Hall–Kier alpha value is -0.870. The molecular weight excluding hydrogens is 256 g/mol. The number of thioether (sulfide) groups is 1. The molecule has 1 amide bonds. The lowest BCUT2D eigenvalue weighted by Crippen LogP contribution is -2.29. The molecule has 0 spiro atoms. The van der Waals surface area contributed by atoms with Gasteiger partial charge in [0.2, 0.25) is 0 Å². The van der Waals surface area contributed by atoms with Crippen LogP contribution in [0.2, 0.25) is 5.02 Å². The Morgan fingerprint density at radius 3 is 3.06 bits per heavy atom. The zero-order chi connectivity index (χ0) is 12.3. The zero-order valence-corrected chi connectivity index (χ0v) is 11.0. The minimum atomic E-state index is -0.119. The first-order valence-electron chi connectivity index (χ1n) is 5.58. The number of nitrogens with one attached hydrogen (secondary N) is 1. The Kier molecular flexibility index (Phi) is 4.18. The van der Waals surface area contributed by atoms with E-state index in [0.717, 1.165) is 12.3 Å². The number of halogens is 1. The number of nitrogen functional groups attached to an aromatic ring is 1. The molecule has 92 valence electrons. The lowest BCUT2D eigenvalue weighted by atomic mass is 10.1. The van der Waals surface area contributed by atoms with Gasteiger partial charge >= 0.3 is 0 Å². The van der Waals surface area contributed by atoms with Crippen molar-refractivity contribution in [3.8, 4) is 0 Å². The van der Waals surface area contributed by atoms with E-state index in [-0.39, 0.29) is 5.91 Å². The lowest BCUT2D eigenvalue weighted by Gasteiger charge is -2.11. The van der Waals surface area contributed by atoms with Crippen molar-refractivity contribution < 1.29 is 4.79 Å². The van der Waals surface area contributed by atoms with Gasteiger partial charge in [-0.1, -0.05) is 11.6 Å². The number of amides is 1. The van der Waals surface area contributed by atoms with Crippen LogP contribution in [0.5, 0.6) is 0 Å². The number of nitrogens with two attached hydrogens (primary N) is 1. The molecule has 1 unspecified atom stereocenters. The van der Waals surface area contributed by atoms with Crippen LogP contribution in [0.15, 0.2) is 18.2 Å². The minimum absolute atomic E-state index is 0.119. The normalized spacial score (nSPS) is 19.2. The van der Waals surface area contributed by atoms with Gasteiger partial charge in [-0.25, -0.2) is 0 Å². The minimum Gasteiger partial charge on any atom is -0.399 e. The third-order valence-corrected chi connectivity index (χ3v) is 4.36. The Balaban J connectivity index is 1.94. The average molecular weight is 271 g/mol. The van der Waals surface area contributed by atoms with Crippen LogP contribution in [0.1, 0.15) is 16.8 Å². The zero-order valence-electron chi connectivity index (χ0n) is 9.41. The van der Waals surface area contributed by atoms with Gasteiger partial charge in [-0.05, 0) is 42.0 Å². The SMILES string of the molecule is Nc1ccc(C(=O)NCC2CCSC2)c(Cl)c1. The van der Waals surface area contributed by atoms with E-state index in [9.17, 15) is 4.79 Å². The molecule has 0 aliphatic carbocycles. The van der Waals surface area contributed by atoms with Gasteiger partial charge in [-0.3, -0.25) is 4.79 Å². The average Bonchev–Trinajstić information content (AvgIpc) is 2.78. The molecule has 2 rings (SSSR count). The highest BCUT2D eigenvalue weighted by molar-refractivity contribution is 7.99. The molecule has 1 saturated heterocycles. The van der Waals surface area contributed by atoms with Crippen molar-refractivity contribution in [3.63, 3.8) is 0 Å². The van der Waals surface area contributed by atoms with Crippen LogP contribution in [0, 0.1) is 5.92 Å². The number of anilines is 1. The quantitative estimate of drug-likeness (QED) is 0.830. The predicted molar refractivity (Wildman–Crippen MR) is 73.6 cm³/mol. The maximum Gasteiger partial charge on any atom is 0.252 e. The van der Waals surface area contributed by atoms with Crippen molar-refractivity contribution in [2.75, 3.05) is 23.8 Å². The van der Waals surface area contributed by atoms with Crippen molar-refractivity contribution in [3.05, 3.63) is 28.8 Å². The van der Waals surface area contributed by atoms with Crippen LogP contribution in [-0.4, -0.2) is 24.0 Å². The van der Waals surface area contributed by atoms with Crippen molar-refractivity contribution in [1.29, 1.82) is 0 Å². The van der Waals surface area contributed by atoms with Crippen LogP contribution in [0.3, 0.4) is 0 Å². The monoisotopic (exact) mass is 270 g/mol. The van der Waals surface area contributed by atoms with Gasteiger partial charge in [-0.15, -0.1) is 0 Å². The van der Waals surface area contributed by atoms with E-state index in [1.165, 1.54) is 12.2 Å². The van der Waals surface area contributed by atoms with Gasteiger partial charge in [0.1, 0.15) is 0 Å². The predicted octanol–water partition coefficient (Wildman–Crippen LogP) is 2.41. The molecule has 1 aliphatic rings. The maximum absolute atomic E-state index is 11.9. The molecular formula is C12H15ClN2OS. The van der Waals surface area contributed by atoms with Gasteiger partial charge in [0.25, 0.3) is 5.91 Å². The van der Waals surface area contributed by atoms with E-state index in [0.29, 0.717) is 22.2 Å². The number of rotatable bonds is 3. The van der Waals surface area contributed by atoms with Crippen LogP contribution in [0.4, 0.5) is 5.69 Å². The molecule has 1 atom stereocenters. The summed E-state index contributed by atoms with van der Waals surface area (Å²) in [6, 6.07) is 4.95. The second-order valence-electron chi connectivity index (χ2n) is 4.18. The number of benzene rings is 1. The lowest BCUT2D eigenvalue weighted by molar-refractivity contribution is 0.0948. The summed E-state index contributed by atoms with van der Waals surface area (Å²) in [5.74, 6) is 2.81. The standard InChI is InChI=1S/C12H15ClN2OS/c13-11-5-9(14)1-2-10(11)12(16)15-6-8-3-4-17-7-8/h1-2,5,8H,3-4,6-7,14H2,(H,15,16). The maximum atomic E-state index is 11.9. The molecule has 1 aromatic rings. The molecule has 3 nitrogen and oxygen atoms in total. The molecule has 0 bridgehead atoms. The first-order valence-corrected chi connectivity index (χ1v) is 7.11. The van der Waals surface area contributed by atoms with E-state index in [4.69, 9.17) is 17.3 Å². The first-order chi connectivity index (χ1) is 8.16. The summed E-state index contributed by atoms with van der Waals surface area (Å²) in [5.41, 5.74) is 6.64. The summed E-state index contributed by atoms with van der Waals surface area (Å²) in [5, 5.41) is 3.33. The van der Waals surface area contributed by atoms with Crippen LogP contribution >= 0.6 is 23.4 Å². The van der Waals surface area contributed by atoms with E-state index < -0.39 is 0 Å². The van der Waals surface area contributed by atoms with Crippen molar-refractivity contribution in [2.45, 2.75) is 6.42 Å². The molecule has 0 aromatic heterocycles. The second-order valence-corrected chi connectivity index (χ2v) is 5.74. The molecule has 3 N–H and O–H groups in total. The van der Waals surface area contributed by atoms with E-state index >= 15 is 0 Å². The molecule has 1 aromatic carbocycles. The summed E-state index contributed by atoms with van der Waals surface area (Å²) in [7, 11) is 0. The number of hydrogen-bond acceptors (Lipinski definition) is 3. The fourth-order valence-electron chi connectivity index (χ4n) is 1.79. The molecule has 1 heterocycles. The summed E-state index contributed by atoms with van der Waals surface area (Å²) < 4.78 is 0. The summed E-state index contributed by atoms with van der Waals surface area (Å²) in [6.07, 6.45) is 1.18. The van der Waals surface area contributed by atoms with Crippen molar-refractivity contribution >= 4 is 35.0 Å². The van der Waals surface area contributed by atoms with Gasteiger partial charge < -0.3 is 11.1 Å². The van der Waals surface area contributed by atoms with Crippen LogP contribution in [-0.2, 0) is 0 Å². The Bertz CT molecular complexity index is 419. The Labute approximate surface area is 110 Å². The smallest absolute Gasteiger partial charge is 0.252 e. The highest BCUT2D eigenvalue weighted by Crippen LogP contribution is 2.23. The van der Waals surface area contributed by atoms with E-state index in [1.54, 1.807) is 18.2 Å². The van der Waals surface area contributed by atoms with Gasteiger partial charge in [0.05, 0.1) is 10.6 Å². The molecule has 1 fully saturated rings. The summed E-state index contributed by atoms with van der Waals surface area (Å²) >= 11 is 7.92. The molecule has 5 heteroatoms. The van der Waals surface area contributed by atoms with Gasteiger partial charge in [0.15, 0.2) is 0 Å². The van der Waals surface area contributed by atoms with E-state index in [2.05, 4.69) is 5.32 Å². The number of carbonyl (C=O) groups is 1. The summed E-state index contributed by atoms with van der Waals surface area (Å²) in [4.78, 5) is 11.9. The first kappa shape index (κ1) is 12.6. The fraction of sp³-hybridized carbons (Fsp3) is 0.417. The van der Waals surface area contributed by atoms with E-state index in [1.807, 2.05) is 11.8 Å². The largest absolute Gasteiger partial charge is 0.399 e. The molecule has 1 aliphatic heterocycles. The highest BCUT2D eigenvalue weighted by atomic mass is 35.5. The summed E-state index contributed by atoms with van der Waals surface area (Å²) in [6.45, 7) is 0.729. The van der Waals surface area contributed by atoms with Gasteiger partial charge in [-0.2, -0.15) is 11.8 Å². The van der Waals surface area contributed by atoms with Crippen LogP contribution < -0.4 is 11.1 Å². The third kappa shape index (κ3) is 3.30. The van der Waals surface area contributed by atoms with Crippen LogP contribution in [0.25, 0.3) is 0 Å². The van der Waals surface area contributed by atoms with Crippen molar-refractivity contribution in [2.24, 2.45) is 5.92 Å². The molecule has 17 heavy (non-hydrogen) atoms.